The number of ether oxygens (including phenoxy) is 1. The van der Waals surface area contributed by atoms with Crippen molar-refractivity contribution in [3.05, 3.63) is 60.0 Å². The minimum atomic E-state index is 0.0465. The molecular formula is C28H24N8O2S. The van der Waals surface area contributed by atoms with E-state index in [1.807, 2.05) is 30.3 Å². The lowest BCUT2D eigenvalue weighted by Crippen LogP contribution is -2.34. The van der Waals surface area contributed by atoms with Gasteiger partial charge in [0.2, 0.25) is 0 Å². The first-order valence-corrected chi connectivity index (χ1v) is 13.6. The number of ketones is 1. The molecule has 11 heteroatoms. The highest BCUT2D eigenvalue weighted by Crippen LogP contribution is 2.35. The Kier molecular flexibility index (Phi) is 5.86. The van der Waals surface area contributed by atoms with Crippen LogP contribution in [0.4, 0.5) is 0 Å². The van der Waals surface area contributed by atoms with E-state index in [9.17, 15) is 4.79 Å². The number of fused-ring (bicyclic) bond motifs is 2. The molecule has 0 saturated carbocycles. The first kappa shape index (κ1) is 23.6. The third-order valence-corrected chi connectivity index (χ3v) is 8.09. The lowest BCUT2D eigenvalue weighted by molar-refractivity contribution is 0.102. The van der Waals surface area contributed by atoms with E-state index >= 15 is 0 Å². The Labute approximate surface area is 226 Å². The number of nitrogens with one attached hydrogen (secondary N) is 3. The number of aromatic amines is 2. The zero-order chi connectivity index (χ0) is 26.3. The van der Waals surface area contributed by atoms with E-state index in [1.54, 1.807) is 31.7 Å². The molecular weight excluding hydrogens is 512 g/mol. The van der Waals surface area contributed by atoms with E-state index in [4.69, 9.17) is 9.72 Å². The molecule has 7 heterocycles. The quantitative estimate of drug-likeness (QED) is 0.253. The number of carbonyl (C=O) groups is 1. The highest BCUT2D eigenvalue weighted by molar-refractivity contribution is 7.17. The molecule has 6 aromatic rings. The number of rotatable bonds is 6. The van der Waals surface area contributed by atoms with Crippen LogP contribution in [0.3, 0.4) is 0 Å². The fraction of sp³-hybridized carbons (Fsp3) is 0.214. The summed E-state index contributed by atoms with van der Waals surface area (Å²) in [5.41, 5.74) is 5.38. The number of hydrogen-bond acceptors (Lipinski definition) is 9. The van der Waals surface area contributed by atoms with Gasteiger partial charge >= 0.3 is 0 Å². The lowest BCUT2D eigenvalue weighted by Gasteiger charge is -2.23. The molecule has 0 radical (unpaired) electrons. The van der Waals surface area contributed by atoms with Gasteiger partial charge in [0.15, 0.2) is 17.3 Å². The molecule has 0 unspecified atom stereocenters. The van der Waals surface area contributed by atoms with Crippen molar-refractivity contribution in [1.29, 1.82) is 0 Å². The summed E-state index contributed by atoms with van der Waals surface area (Å²) in [6, 6.07) is 9.68. The molecule has 0 aliphatic carbocycles. The van der Waals surface area contributed by atoms with Crippen molar-refractivity contribution in [3.63, 3.8) is 0 Å². The number of hydrogen-bond donors (Lipinski definition) is 3. The number of aromatic nitrogens is 7. The summed E-state index contributed by atoms with van der Waals surface area (Å²) in [5, 5.41) is 11.8. The van der Waals surface area contributed by atoms with Crippen LogP contribution in [0.25, 0.3) is 55.3 Å². The van der Waals surface area contributed by atoms with E-state index in [-0.39, 0.29) is 11.9 Å². The van der Waals surface area contributed by atoms with Crippen LogP contribution in [0.5, 0.6) is 5.75 Å². The number of Topliss-reactive ketones (excluding diaryl/α,β-unsaturated/α-hetero) is 1. The van der Waals surface area contributed by atoms with Gasteiger partial charge in [-0.15, -0.1) is 11.3 Å². The molecule has 6 aromatic heterocycles. The van der Waals surface area contributed by atoms with Crippen molar-refractivity contribution < 1.29 is 9.53 Å². The molecule has 0 amide bonds. The normalized spacial score (nSPS) is 14.3. The van der Waals surface area contributed by atoms with E-state index in [1.165, 1.54) is 11.3 Å². The predicted molar refractivity (Wildman–Crippen MR) is 150 cm³/mol. The van der Waals surface area contributed by atoms with Gasteiger partial charge in [0.05, 0.1) is 28.5 Å². The van der Waals surface area contributed by atoms with Gasteiger partial charge < -0.3 is 15.0 Å². The van der Waals surface area contributed by atoms with Gasteiger partial charge in [0.25, 0.3) is 0 Å². The zero-order valence-corrected chi connectivity index (χ0v) is 21.9. The maximum Gasteiger partial charge on any atom is 0.169 e. The summed E-state index contributed by atoms with van der Waals surface area (Å²) in [5.74, 6) is 1.38. The summed E-state index contributed by atoms with van der Waals surface area (Å²) in [7, 11) is 0. The average Bonchev–Trinajstić information content (AvgIpc) is 3.71. The van der Waals surface area contributed by atoms with Gasteiger partial charge in [-0.2, -0.15) is 5.10 Å². The molecule has 0 aromatic carbocycles. The molecule has 3 N–H and O–H groups in total. The minimum Gasteiger partial charge on any atom is -0.489 e. The molecule has 39 heavy (non-hydrogen) atoms. The van der Waals surface area contributed by atoms with Gasteiger partial charge in [0, 0.05) is 33.8 Å². The number of carbonyl (C=O) groups excluding carboxylic acids is 1. The van der Waals surface area contributed by atoms with Gasteiger partial charge in [-0.25, -0.2) is 9.97 Å². The third kappa shape index (κ3) is 4.45. The number of pyridine rings is 3. The second-order valence-electron chi connectivity index (χ2n) is 9.53. The molecule has 0 atom stereocenters. The van der Waals surface area contributed by atoms with Crippen LogP contribution in [0.2, 0.25) is 0 Å². The van der Waals surface area contributed by atoms with E-state index < -0.39 is 0 Å². The summed E-state index contributed by atoms with van der Waals surface area (Å²) in [6.07, 6.45) is 9.19. The zero-order valence-electron chi connectivity index (χ0n) is 21.1. The monoisotopic (exact) mass is 536 g/mol. The number of piperidine rings is 1. The highest BCUT2D eigenvalue weighted by atomic mass is 32.1. The second kappa shape index (κ2) is 9.68. The summed E-state index contributed by atoms with van der Waals surface area (Å²) < 4.78 is 6.19. The van der Waals surface area contributed by atoms with E-state index in [0.29, 0.717) is 22.0 Å². The number of nitrogens with zero attached hydrogens (tertiary/aromatic N) is 5. The number of imidazole rings is 1. The lowest BCUT2D eigenvalue weighted by atomic mass is 10.1. The highest BCUT2D eigenvalue weighted by Gasteiger charge is 2.19. The van der Waals surface area contributed by atoms with Crippen LogP contribution in [-0.4, -0.2) is 60.1 Å². The first-order valence-electron chi connectivity index (χ1n) is 12.8. The third-order valence-electron chi connectivity index (χ3n) is 6.87. The van der Waals surface area contributed by atoms with Crippen molar-refractivity contribution in [3.8, 4) is 39.0 Å². The average molecular weight is 537 g/mol. The van der Waals surface area contributed by atoms with Crippen LogP contribution in [0.1, 0.15) is 29.4 Å². The first-order chi connectivity index (χ1) is 19.1. The van der Waals surface area contributed by atoms with Crippen molar-refractivity contribution in [2.75, 3.05) is 13.1 Å². The fourth-order valence-corrected chi connectivity index (χ4v) is 5.81. The molecule has 1 aliphatic rings. The largest absolute Gasteiger partial charge is 0.489 e. The molecule has 194 valence electrons. The van der Waals surface area contributed by atoms with E-state index in [2.05, 4.69) is 35.5 Å². The predicted octanol–water partition coefficient (Wildman–Crippen LogP) is 5.02. The Bertz CT molecular complexity index is 1830. The molecule has 7 rings (SSSR count). The SMILES string of the molecule is CC(=O)c1ccc(-c2ccnc3[nH]c(-c4n[nH]c5cnc(-c6cncc(OC7CCNCC7)c6)cc45)nc23)s1. The van der Waals surface area contributed by atoms with Gasteiger partial charge in [-0.05, 0) is 63.2 Å². The van der Waals surface area contributed by atoms with Gasteiger partial charge in [-0.1, -0.05) is 0 Å². The number of H-pyrrole nitrogens is 2. The summed E-state index contributed by atoms with van der Waals surface area (Å²) >= 11 is 1.45. The molecule has 1 aliphatic heterocycles. The maximum atomic E-state index is 11.8. The van der Waals surface area contributed by atoms with Crippen LogP contribution < -0.4 is 10.1 Å². The molecule has 1 fully saturated rings. The molecule has 1 saturated heterocycles. The Balaban J connectivity index is 1.25. The topological polar surface area (TPSA) is 134 Å². The van der Waals surface area contributed by atoms with Crippen LogP contribution in [-0.2, 0) is 0 Å². The molecule has 10 nitrogen and oxygen atoms in total. The fourth-order valence-electron chi connectivity index (χ4n) is 4.88. The Morgan fingerprint density at radius 3 is 2.82 bits per heavy atom. The van der Waals surface area contributed by atoms with E-state index in [0.717, 1.165) is 69.8 Å². The Morgan fingerprint density at radius 2 is 1.97 bits per heavy atom. The van der Waals surface area contributed by atoms with Crippen molar-refractivity contribution in [2.24, 2.45) is 0 Å². The van der Waals surface area contributed by atoms with Crippen LogP contribution >= 0.6 is 11.3 Å². The molecule has 0 bridgehead atoms. The van der Waals surface area contributed by atoms with Crippen LogP contribution in [0.15, 0.2) is 55.1 Å². The summed E-state index contributed by atoms with van der Waals surface area (Å²) in [4.78, 5) is 35.2. The molecule has 0 spiro atoms. The van der Waals surface area contributed by atoms with Gasteiger partial charge in [-0.3, -0.25) is 19.9 Å². The van der Waals surface area contributed by atoms with Gasteiger partial charge in [0.1, 0.15) is 23.1 Å². The Morgan fingerprint density at radius 1 is 1.08 bits per heavy atom. The standard InChI is InChI=1S/C28H24N8O2S/c1-15(37)23-2-3-24(39-23)19-6-9-31-27-25(19)33-28(34-27)26-20-11-21(32-14-22(20)35-36-26)16-10-18(13-30-12-16)38-17-4-7-29-8-5-17/h2-3,6,9-14,17,29H,4-5,7-8H2,1H3,(H,35,36)(H,31,33,34). The minimum absolute atomic E-state index is 0.0465. The van der Waals surface area contributed by atoms with Crippen molar-refractivity contribution in [2.45, 2.75) is 25.9 Å². The van der Waals surface area contributed by atoms with Crippen molar-refractivity contribution in [1.82, 2.24) is 40.4 Å². The maximum absolute atomic E-state index is 11.8. The number of thiophene rings is 1. The van der Waals surface area contributed by atoms with Crippen molar-refractivity contribution >= 4 is 39.2 Å². The Hall–Kier alpha value is -4.48. The second-order valence-corrected chi connectivity index (χ2v) is 10.6. The smallest absolute Gasteiger partial charge is 0.169 e. The van der Waals surface area contributed by atoms with Crippen LogP contribution in [0, 0.1) is 0 Å². The summed E-state index contributed by atoms with van der Waals surface area (Å²) in [6.45, 7) is 3.50.